The lowest BCUT2D eigenvalue weighted by Crippen LogP contribution is -2.28. The molecule has 1 atom stereocenters. The number of nitrogens with zero attached hydrogens (tertiary/aromatic N) is 2. The lowest BCUT2D eigenvalue weighted by molar-refractivity contribution is 0.146. The Bertz CT molecular complexity index is 363. The molecule has 0 saturated heterocycles. The summed E-state index contributed by atoms with van der Waals surface area (Å²) in [6.45, 7) is 7.30. The van der Waals surface area contributed by atoms with E-state index < -0.39 is 0 Å². The van der Waals surface area contributed by atoms with Crippen molar-refractivity contribution in [2.45, 2.75) is 39.8 Å². The molecule has 1 rings (SSSR count). The zero-order valence-electron chi connectivity index (χ0n) is 11.0. The van der Waals surface area contributed by atoms with Gasteiger partial charge in [-0.2, -0.15) is 5.10 Å². The van der Waals surface area contributed by atoms with Crippen LogP contribution in [-0.2, 0) is 13.6 Å². The predicted octanol–water partition coefficient (Wildman–Crippen LogP) is 1.88. The van der Waals surface area contributed by atoms with E-state index in [1.54, 1.807) is 4.68 Å². The summed E-state index contributed by atoms with van der Waals surface area (Å²) in [5.41, 5.74) is 1.80. The summed E-state index contributed by atoms with van der Waals surface area (Å²) in [5, 5.41) is 17.9. The van der Waals surface area contributed by atoms with Crippen LogP contribution in [0.1, 0.15) is 31.7 Å². The molecule has 17 heavy (non-hydrogen) atoms. The number of aliphatic hydroxyl groups excluding tert-OH is 1. The van der Waals surface area contributed by atoms with Crippen LogP contribution in [0.5, 0.6) is 0 Å². The third-order valence-corrected chi connectivity index (χ3v) is 3.17. The molecule has 0 radical (unpaired) electrons. The average molecular weight is 260 g/mol. The Balaban J connectivity index is 2.41. The van der Waals surface area contributed by atoms with Crippen molar-refractivity contribution in [1.29, 1.82) is 0 Å². The molecule has 1 aromatic heterocycles. The van der Waals surface area contributed by atoms with E-state index in [1.807, 2.05) is 14.0 Å². The van der Waals surface area contributed by atoms with E-state index in [4.69, 9.17) is 11.6 Å². The summed E-state index contributed by atoms with van der Waals surface area (Å²) in [4.78, 5) is 0. The van der Waals surface area contributed by atoms with Gasteiger partial charge < -0.3 is 10.4 Å². The zero-order valence-corrected chi connectivity index (χ0v) is 11.8. The average Bonchev–Trinajstić information content (AvgIpc) is 2.43. The maximum absolute atomic E-state index is 9.72. The molecule has 0 aromatic carbocycles. The van der Waals surface area contributed by atoms with Gasteiger partial charge in [-0.3, -0.25) is 4.68 Å². The van der Waals surface area contributed by atoms with Crippen LogP contribution >= 0.6 is 11.6 Å². The fourth-order valence-corrected chi connectivity index (χ4v) is 2.08. The third kappa shape index (κ3) is 4.30. The quantitative estimate of drug-likeness (QED) is 0.820. The lowest BCUT2D eigenvalue weighted by Gasteiger charge is -2.14. The van der Waals surface area contributed by atoms with Gasteiger partial charge in [0.15, 0.2) is 0 Å². The number of halogens is 1. The number of nitrogens with one attached hydrogen (secondary N) is 1. The van der Waals surface area contributed by atoms with E-state index >= 15 is 0 Å². The fourth-order valence-electron chi connectivity index (χ4n) is 1.86. The lowest BCUT2D eigenvalue weighted by atomic mass is 10.1. The van der Waals surface area contributed by atoms with Gasteiger partial charge in [-0.15, -0.1) is 0 Å². The van der Waals surface area contributed by atoms with Crippen LogP contribution in [0.25, 0.3) is 0 Å². The largest absolute Gasteiger partial charge is 0.392 e. The second kappa shape index (κ2) is 6.38. The van der Waals surface area contributed by atoms with Crippen LogP contribution in [-0.4, -0.2) is 27.5 Å². The zero-order chi connectivity index (χ0) is 13.0. The van der Waals surface area contributed by atoms with E-state index in [2.05, 4.69) is 24.3 Å². The van der Waals surface area contributed by atoms with Crippen molar-refractivity contribution in [1.82, 2.24) is 15.1 Å². The first-order chi connectivity index (χ1) is 7.91. The molecule has 5 heteroatoms. The Morgan fingerprint density at radius 1 is 1.47 bits per heavy atom. The normalized spacial score (nSPS) is 13.4. The van der Waals surface area contributed by atoms with Gasteiger partial charge in [-0.25, -0.2) is 0 Å². The van der Waals surface area contributed by atoms with Gasteiger partial charge in [0.1, 0.15) is 0 Å². The van der Waals surface area contributed by atoms with Crippen LogP contribution < -0.4 is 5.32 Å². The minimum Gasteiger partial charge on any atom is -0.392 e. The molecule has 0 aliphatic carbocycles. The molecule has 0 fully saturated rings. The highest BCUT2D eigenvalue weighted by Gasteiger charge is 2.11. The predicted molar refractivity (Wildman–Crippen MR) is 70.1 cm³/mol. The second-order valence-corrected chi connectivity index (χ2v) is 5.26. The standard InChI is InChI=1S/C12H22ClN3O/c1-8(2)5-10(17)6-14-7-11-12(13)9(3)15-16(11)4/h8,10,14,17H,5-7H2,1-4H3. The molecule has 0 spiro atoms. The number of rotatable bonds is 6. The Morgan fingerprint density at radius 2 is 2.12 bits per heavy atom. The summed E-state index contributed by atoms with van der Waals surface area (Å²) in [7, 11) is 1.88. The van der Waals surface area contributed by atoms with Crippen LogP contribution in [0.15, 0.2) is 0 Å². The highest BCUT2D eigenvalue weighted by atomic mass is 35.5. The van der Waals surface area contributed by atoms with Crippen LogP contribution in [0, 0.1) is 12.8 Å². The maximum atomic E-state index is 9.72. The Morgan fingerprint density at radius 3 is 2.59 bits per heavy atom. The first kappa shape index (κ1) is 14.5. The van der Waals surface area contributed by atoms with Gasteiger partial charge in [-0.05, 0) is 19.3 Å². The highest BCUT2D eigenvalue weighted by Crippen LogP contribution is 2.18. The fraction of sp³-hybridized carbons (Fsp3) is 0.750. The molecule has 1 unspecified atom stereocenters. The van der Waals surface area contributed by atoms with Gasteiger partial charge in [0, 0.05) is 20.1 Å². The van der Waals surface area contributed by atoms with Crippen molar-refractivity contribution in [3.05, 3.63) is 16.4 Å². The van der Waals surface area contributed by atoms with Crippen molar-refractivity contribution >= 4 is 11.6 Å². The van der Waals surface area contributed by atoms with Crippen molar-refractivity contribution in [3.63, 3.8) is 0 Å². The SMILES string of the molecule is Cc1nn(C)c(CNCC(O)CC(C)C)c1Cl. The first-order valence-electron chi connectivity index (χ1n) is 5.98. The summed E-state index contributed by atoms with van der Waals surface area (Å²) >= 11 is 6.13. The van der Waals surface area contributed by atoms with Gasteiger partial charge in [-0.1, -0.05) is 25.4 Å². The molecular weight excluding hydrogens is 238 g/mol. The minimum absolute atomic E-state index is 0.303. The summed E-state index contributed by atoms with van der Waals surface area (Å²) in [6, 6.07) is 0. The van der Waals surface area contributed by atoms with Gasteiger partial charge in [0.25, 0.3) is 0 Å². The van der Waals surface area contributed by atoms with Gasteiger partial charge in [0.2, 0.25) is 0 Å². The third-order valence-electron chi connectivity index (χ3n) is 2.68. The van der Waals surface area contributed by atoms with Crippen molar-refractivity contribution in [3.8, 4) is 0 Å². The molecule has 1 heterocycles. The van der Waals surface area contributed by atoms with Gasteiger partial charge >= 0.3 is 0 Å². The van der Waals surface area contributed by atoms with Crippen LogP contribution in [0.3, 0.4) is 0 Å². The van der Waals surface area contributed by atoms with E-state index in [0.29, 0.717) is 24.0 Å². The topological polar surface area (TPSA) is 50.1 Å². The van der Waals surface area contributed by atoms with E-state index in [1.165, 1.54) is 0 Å². The number of aliphatic hydroxyl groups is 1. The van der Waals surface area contributed by atoms with E-state index in [9.17, 15) is 5.11 Å². The summed E-state index contributed by atoms with van der Waals surface area (Å²) < 4.78 is 1.78. The molecule has 2 N–H and O–H groups in total. The number of aryl methyl sites for hydroxylation is 2. The maximum Gasteiger partial charge on any atom is 0.0860 e. The van der Waals surface area contributed by atoms with Crippen molar-refractivity contribution < 1.29 is 5.11 Å². The number of aromatic nitrogens is 2. The summed E-state index contributed by atoms with van der Waals surface area (Å²) in [6.07, 6.45) is 0.508. The number of hydrogen-bond acceptors (Lipinski definition) is 3. The van der Waals surface area contributed by atoms with Gasteiger partial charge in [0.05, 0.1) is 22.5 Å². The molecule has 0 saturated carbocycles. The van der Waals surface area contributed by atoms with E-state index in [0.717, 1.165) is 17.8 Å². The highest BCUT2D eigenvalue weighted by molar-refractivity contribution is 6.31. The molecule has 4 nitrogen and oxygen atoms in total. The monoisotopic (exact) mass is 259 g/mol. The second-order valence-electron chi connectivity index (χ2n) is 4.88. The Hall–Kier alpha value is -0.580. The van der Waals surface area contributed by atoms with E-state index in [-0.39, 0.29) is 6.10 Å². The molecular formula is C12H22ClN3O. The molecule has 0 aliphatic heterocycles. The summed E-state index contributed by atoms with van der Waals surface area (Å²) in [5.74, 6) is 0.509. The van der Waals surface area contributed by atoms with Crippen molar-refractivity contribution in [2.75, 3.05) is 6.54 Å². The molecule has 0 aliphatic rings. The van der Waals surface area contributed by atoms with Crippen molar-refractivity contribution in [2.24, 2.45) is 13.0 Å². The van der Waals surface area contributed by atoms with Crippen LogP contribution in [0.4, 0.5) is 0 Å². The van der Waals surface area contributed by atoms with Crippen LogP contribution in [0.2, 0.25) is 5.02 Å². The Kier molecular flexibility index (Phi) is 5.43. The number of hydrogen-bond donors (Lipinski definition) is 2. The smallest absolute Gasteiger partial charge is 0.0860 e. The minimum atomic E-state index is -0.303. The Labute approximate surface area is 108 Å². The molecule has 98 valence electrons. The first-order valence-corrected chi connectivity index (χ1v) is 6.36. The molecule has 0 bridgehead atoms. The molecule has 1 aromatic rings. The molecule has 0 amide bonds.